The van der Waals surface area contributed by atoms with E-state index in [1.807, 2.05) is 13.6 Å². The van der Waals surface area contributed by atoms with Crippen LogP contribution in [0.2, 0.25) is 0 Å². The van der Waals surface area contributed by atoms with E-state index in [2.05, 4.69) is 18.9 Å². The number of benzene rings is 1. The molecule has 9 nitrogen and oxygen atoms in total. The van der Waals surface area contributed by atoms with Gasteiger partial charge in [-0.2, -0.15) is 0 Å². The van der Waals surface area contributed by atoms with Crippen LogP contribution in [-0.4, -0.2) is 69.2 Å². The van der Waals surface area contributed by atoms with Crippen molar-refractivity contribution in [2.45, 2.75) is 64.9 Å². The molecule has 1 saturated heterocycles. The number of fused-ring (bicyclic) bond motifs is 1. The molecular weight excluding hydrogens is 428 g/mol. The molecule has 1 aromatic carbocycles. The number of hydrogen-bond acceptors (Lipinski definition) is 8. The molecule has 2 aliphatic rings. The number of piperidine rings is 1. The van der Waals surface area contributed by atoms with Gasteiger partial charge in [0.05, 0.1) is 11.7 Å². The summed E-state index contributed by atoms with van der Waals surface area (Å²) < 4.78 is 16.1. The van der Waals surface area contributed by atoms with E-state index >= 15 is 0 Å². The molecule has 0 saturated carbocycles. The molecule has 2 N–H and O–H groups in total. The number of amides is 1. The fraction of sp³-hybridized carbons (Fsp3) is 0.625. The number of hydrogen-bond donors (Lipinski definition) is 2. The second kappa shape index (κ2) is 19.0. The molecule has 0 unspecified atom stereocenters. The van der Waals surface area contributed by atoms with Gasteiger partial charge in [0.25, 0.3) is 5.91 Å². The van der Waals surface area contributed by atoms with Gasteiger partial charge in [-0.25, -0.2) is 5.48 Å². The standard InChI is InChI=1S/C13H27NO.C9H9NO4.2CH2O/c1-3-4-5-6-7-12-15-13-8-10-14(2)11-9-13;1-5-2-3-6-8(14-4-13-6)7(5)9(11)10-12;2*1-2/h13H,3-12H2,1-2H3;2-3,12H,4H2,1H3,(H,10,11);2*1H2. The van der Waals surface area contributed by atoms with Crippen LogP contribution in [0.15, 0.2) is 12.1 Å². The van der Waals surface area contributed by atoms with E-state index in [1.54, 1.807) is 24.5 Å². The molecule has 188 valence electrons. The summed E-state index contributed by atoms with van der Waals surface area (Å²) in [6, 6.07) is 3.46. The van der Waals surface area contributed by atoms with Crippen molar-refractivity contribution in [3.63, 3.8) is 0 Å². The van der Waals surface area contributed by atoms with Crippen molar-refractivity contribution >= 4 is 19.5 Å². The van der Waals surface area contributed by atoms with Gasteiger partial charge in [0.15, 0.2) is 11.5 Å². The average molecular weight is 469 g/mol. The summed E-state index contributed by atoms with van der Waals surface area (Å²) in [7, 11) is 2.20. The number of aryl methyl sites for hydroxylation is 1. The fourth-order valence-corrected chi connectivity index (χ4v) is 3.52. The molecule has 2 heterocycles. The molecule has 0 aliphatic carbocycles. The molecule has 0 aromatic heterocycles. The van der Waals surface area contributed by atoms with E-state index in [9.17, 15) is 4.79 Å². The van der Waals surface area contributed by atoms with Gasteiger partial charge < -0.3 is 28.7 Å². The lowest BCUT2D eigenvalue weighted by molar-refractivity contribution is -0.0987. The normalized spacial score (nSPS) is 14.5. The molecule has 9 heteroatoms. The van der Waals surface area contributed by atoms with Crippen molar-refractivity contribution in [1.82, 2.24) is 10.4 Å². The molecule has 3 rings (SSSR count). The molecule has 0 bridgehead atoms. The maximum Gasteiger partial charge on any atom is 0.278 e. The number of nitrogens with one attached hydrogen (secondary N) is 1. The summed E-state index contributed by atoms with van der Waals surface area (Å²) in [4.78, 5) is 29.7. The fourth-order valence-electron chi connectivity index (χ4n) is 3.52. The highest BCUT2D eigenvalue weighted by Crippen LogP contribution is 2.37. The topological polar surface area (TPSA) is 114 Å². The highest BCUT2D eigenvalue weighted by Gasteiger charge is 2.23. The van der Waals surface area contributed by atoms with Crippen molar-refractivity contribution in [2.24, 2.45) is 0 Å². The van der Waals surface area contributed by atoms with Crippen LogP contribution in [0.3, 0.4) is 0 Å². The summed E-state index contributed by atoms with van der Waals surface area (Å²) in [5.74, 6) is 0.315. The summed E-state index contributed by atoms with van der Waals surface area (Å²) in [5, 5.41) is 8.55. The van der Waals surface area contributed by atoms with Gasteiger partial charge in [0.2, 0.25) is 6.79 Å². The third-order valence-electron chi connectivity index (χ3n) is 5.34. The average Bonchev–Trinajstić information content (AvgIpc) is 3.33. The van der Waals surface area contributed by atoms with Crippen LogP contribution in [0.4, 0.5) is 0 Å². The number of ether oxygens (including phenoxy) is 3. The van der Waals surface area contributed by atoms with Crippen molar-refractivity contribution in [3.05, 3.63) is 23.3 Å². The van der Waals surface area contributed by atoms with E-state index in [0.717, 1.165) is 12.2 Å². The van der Waals surface area contributed by atoms with Gasteiger partial charge in [-0.05, 0) is 44.9 Å². The molecule has 0 atom stereocenters. The maximum atomic E-state index is 11.3. The first-order valence-corrected chi connectivity index (χ1v) is 11.3. The molecule has 1 fully saturated rings. The Labute approximate surface area is 197 Å². The minimum Gasteiger partial charge on any atom is -0.454 e. The van der Waals surface area contributed by atoms with Crippen LogP contribution >= 0.6 is 0 Å². The SMILES string of the molecule is C=O.C=O.CCCCCCCOC1CCN(C)CC1.Cc1ccc2c(c1C(=O)NO)OCO2. The van der Waals surface area contributed by atoms with Gasteiger partial charge in [-0.1, -0.05) is 38.7 Å². The van der Waals surface area contributed by atoms with Crippen LogP contribution in [0, 0.1) is 6.92 Å². The Morgan fingerprint density at radius 2 is 1.76 bits per heavy atom. The third-order valence-corrected chi connectivity index (χ3v) is 5.34. The number of hydroxylamine groups is 1. The quantitative estimate of drug-likeness (QED) is 0.338. The van der Waals surface area contributed by atoms with Crippen LogP contribution in [0.5, 0.6) is 11.5 Å². The van der Waals surface area contributed by atoms with Crippen molar-refractivity contribution in [2.75, 3.05) is 33.5 Å². The molecular formula is C24H40N2O7. The van der Waals surface area contributed by atoms with Crippen molar-refractivity contribution in [3.8, 4) is 11.5 Å². The van der Waals surface area contributed by atoms with Crippen LogP contribution < -0.4 is 15.0 Å². The van der Waals surface area contributed by atoms with Gasteiger partial charge in [0.1, 0.15) is 13.6 Å². The molecule has 2 aliphatic heterocycles. The number of carbonyl (C=O) groups is 3. The molecule has 0 spiro atoms. The van der Waals surface area contributed by atoms with Crippen LogP contribution in [-0.2, 0) is 14.3 Å². The predicted molar refractivity (Wildman–Crippen MR) is 126 cm³/mol. The highest BCUT2D eigenvalue weighted by atomic mass is 16.7. The lowest BCUT2D eigenvalue weighted by atomic mass is 10.1. The zero-order valence-electron chi connectivity index (χ0n) is 20.3. The molecule has 1 amide bonds. The van der Waals surface area contributed by atoms with Crippen LogP contribution in [0.1, 0.15) is 67.8 Å². The molecule has 1 aromatic rings. The Bertz CT molecular complexity index is 662. The van der Waals surface area contributed by atoms with E-state index in [0.29, 0.717) is 23.2 Å². The summed E-state index contributed by atoms with van der Waals surface area (Å²) >= 11 is 0. The smallest absolute Gasteiger partial charge is 0.278 e. The predicted octanol–water partition coefficient (Wildman–Crippen LogP) is 3.54. The Morgan fingerprint density at radius 1 is 1.12 bits per heavy atom. The minimum absolute atomic E-state index is 0.102. The van der Waals surface area contributed by atoms with Gasteiger partial charge in [0, 0.05) is 19.7 Å². The lowest BCUT2D eigenvalue weighted by Gasteiger charge is -2.28. The zero-order valence-corrected chi connectivity index (χ0v) is 20.3. The van der Waals surface area contributed by atoms with Gasteiger partial charge in [-0.15, -0.1) is 0 Å². The largest absolute Gasteiger partial charge is 0.454 e. The second-order valence-corrected chi connectivity index (χ2v) is 7.72. The summed E-state index contributed by atoms with van der Waals surface area (Å²) in [6.07, 6.45) is 9.70. The number of likely N-dealkylation sites (tertiary alicyclic amines) is 1. The van der Waals surface area contributed by atoms with E-state index < -0.39 is 5.91 Å². The lowest BCUT2D eigenvalue weighted by Crippen LogP contribution is -2.34. The first-order chi connectivity index (χ1) is 16.1. The van der Waals surface area contributed by atoms with E-state index in [-0.39, 0.29) is 6.79 Å². The van der Waals surface area contributed by atoms with E-state index in [4.69, 9.17) is 29.0 Å². The Hall–Kier alpha value is -2.49. The van der Waals surface area contributed by atoms with Crippen molar-refractivity contribution in [1.29, 1.82) is 0 Å². The van der Waals surface area contributed by atoms with Gasteiger partial charge >= 0.3 is 0 Å². The molecule has 0 radical (unpaired) electrons. The van der Waals surface area contributed by atoms with Gasteiger partial charge in [-0.3, -0.25) is 10.0 Å². The van der Waals surface area contributed by atoms with E-state index in [1.165, 1.54) is 58.0 Å². The van der Waals surface area contributed by atoms with Crippen LogP contribution in [0.25, 0.3) is 0 Å². The van der Waals surface area contributed by atoms with Crippen molar-refractivity contribution < 1.29 is 33.8 Å². The number of nitrogens with zero attached hydrogens (tertiary/aromatic N) is 1. The minimum atomic E-state index is -0.593. The number of carbonyl (C=O) groups excluding carboxylic acids is 3. The Balaban J connectivity index is 0.000000540. The summed E-state index contributed by atoms with van der Waals surface area (Å²) in [5.41, 5.74) is 2.61. The number of unbranched alkanes of at least 4 members (excludes halogenated alkanes) is 4. The second-order valence-electron chi connectivity index (χ2n) is 7.72. The molecule has 33 heavy (non-hydrogen) atoms. The highest BCUT2D eigenvalue weighted by molar-refractivity contribution is 5.98. The first-order valence-electron chi connectivity index (χ1n) is 11.3. The first kappa shape index (κ1) is 30.5. The maximum absolute atomic E-state index is 11.3. The zero-order chi connectivity index (χ0) is 25.1. The Morgan fingerprint density at radius 3 is 2.36 bits per heavy atom. The monoisotopic (exact) mass is 468 g/mol. The Kier molecular flexibility index (Phi) is 17.6. The number of rotatable bonds is 8. The third kappa shape index (κ3) is 11.3. The summed E-state index contributed by atoms with van der Waals surface area (Å²) in [6.45, 7) is 11.5.